The van der Waals surface area contributed by atoms with E-state index in [1.165, 1.54) is 11.9 Å². The zero-order chi connectivity index (χ0) is 23.3. The minimum absolute atomic E-state index is 0.134. The van der Waals surface area contributed by atoms with Crippen molar-refractivity contribution in [3.8, 4) is 0 Å². The summed E-state index contributed by atoms with van der Waals surface area (Å²) in [5.41, 5.74) is 2.92. The summed E-state index contributed by atoms with van der Waals surface area (Å²) in [5, 5.41) is 3.09. The number of anilines is 1. The van der Waals surface area contributed by atoms with Crippen LogP contribution in [0.1, 0.15) is 23.6 Å². The van der Waals surface area contributed by atoms with Crippen LogP contribution < -0.4 is 9.62 Å². The standard InChI is InChI=1S/C22H28ClN3O4S/c1-15-6-11-20(16(2)12-15)26(31(5,29)30)14-21(27)25(17(3)22(28)24-4)13-18-7-9-19(23)10-8-18/h6-12,17H,13-14H2,1-5H3,(H,24,28)/t17-/m0/s1. The van der Waals surface area contributed by atoms with Gasteiger partial charge in [-0.25, -0.2) is 8.42 Å². The van der Waals surface area contributed by atoms with Gasteiger partial charge < -0.3 is 10.2 Å². The molecule has 0 unspecified atom stereocenters. The van der Waals surface area contributed by atoms with Gasteiger partial charge in [0.15, 0.2) is 0 Å². The van der Waals surface area contributed by atoms with E-state index in [1.54, 1.807) is 50.2 Å². The number of halogens is 1. The van der Waals surface area contributed by atoms with Crippen molar-refractivity contribution in [3.63, 3.8) is 0 Å². The Kier molecular flexibility index (Phi) is 8.08. The van der Waals surface area contributed by atoms with E-state index in [1.807, 2.05) is 13.0 Å². The molecule has 0 fully saturated rings. The number of carbonyl (C=O) groups is 2. The third kappa shape index (κ3) is 6.45. The zero-order valence-corrected chi connectivity index (χ0v) is 19.9. The summed E-state index contributed by atoms with van der Waals surface area (Å²) >= 11 is 5.94. The predicted molar refractivity (Wildman–Crippen MR) is 124 cm³/mol. The number of aryl methyl sites for hydroxylation is 2. The Morgan fingerprint density at radius 2 is 1.71 bits per heavy atom. The van der Waals surface area contributed by atoms with Crippen LogP contribution in [0.5, 0.6) is 0 Å². The first-order chi connectivity index (χ1) is 14.4. The second-order valence-corrected chi connectivity index (χ2v) is 9.84. The van der Waals surface area contributed by atoms with E-state index in [0.29, 0.717) is 10.7 Å². The summed E-state index contributed by atoms with van der Waals surface area (Å²) < 4.78 is 26.2. The van der Waals surface area contributed by atoms with Crippen molar-refractivity contribution in [2.45, 2.75) is 33.4 Å². The molecule has 2 rings (SSSR count). The van der Waals surface area contributed by atoms with E-state index in [-0.39, 0.29) is 12.5 Å². The lowest BCUT2D eigenvalue weighted by Crippen LogP contribution is -2.50. The van der Waals surface area contributed by atoms with E-state index < -0.39 is 28.5 Å². The number of hydrogen-bond acceptors (Lipinski definition) is 4. The van der Waals surface area contributed by atoms with Crippen molar-refractivity contribution in [2.24, 2.45) is 0 Å². The summed E-state index contributed by atoms with van der Waals surface area (Å²) in [6, 6.07) is 11.5. The normalized spacial score (nSPS) is 12.2. The zero-order valence-electron chi connectivity index (χ0n) is 18.3. The topological polar surface area (TPSA) is 86.8 Å². The number of carbonyl (C=O) groups excluding carboxylic acids is 2. The molecular formula is C22H28ClN3O4S. The van der Waals surface area contributed by atoms with Crippen LogP contribution in [0.25, 0.3) is 0 Å². The molecule has 1 N–H and O–H groups in total. The Morgan fingerprint density at radius 1 is 1.10 bits per heavy atom. The lowest BCUT2D eigenvalue weighted by molar-refractivity contribution is -0.139. The molecule has 2 amide bonds. The molecule has 0 saturated carbocycles. The van der Waals surface area contributed by atoms with E-state index in [4.69, 9.17) is 11.6 Å². The van der Waals surface area contributed by atoms with Crippen molar-refractivity contribution in [1.29, 1.82) is 0 Å². The number of nitrogens with one attached hydrogen (secondary N) is 1. The molecule has 0 spiro atoms. The lowest BCUT2D eigenvalue weighted by atomic mass is 10.1. The van der Waals surface area contributed by atoms with Gasteiger partial charge in [0.2, 0.25) is 21.8 Å². The smallest absolute Gasteiger partial charge is 0.244 e. The molecule has 0 aliphatic heterocycles. The Hall–Kier alpha value is -2.58. The molecule has 2 aromatic rings. The molecule has 7 nitrogen and oxygen atoms in total. The SMILES string of the molecule is CNC(=O)[C@H](C)N(Cc1ccc(Cl)cc1)C(=O)CN(c1ccc(C)cc1C)S(C)(=O)=O. The molecule has 0 aliphatic rings. The average molecular weight is 466 g/mol. The third-order valence-corrected chi connectivity index (χ3v) is 6.36. The summed E-state index contributed by atoms with van der Waals surface area (Å²) in [5.74, 6) is -0.837. The van der Waals surface area contributed by atoms with Crippen LogP contribution >= 0.6 is 11.6 Å². The summed E-state index contributed by atoms with van der Waals surface area (Å²) in [7, 11) is -2.26. The van der Waals surface area contributed by atoms with Crippen molar-refractivity contribution >= 4 is 39.1 Å². The first-order valence-electron chi connectivity index (χ1n) is 9.74. The quantitative estimate of drug-likeness (QED) is 0.649. The van der Waals surface area contributed by atoms with Crippen molar-refractivity contribution in [2.75, 3.05) is 24.2 Å². The maximum Gasteiger partial charge on any atom is 0.244 e. The van der Waals surface area contributed by atoms with Gasteiger partial charge in [-0.05, 0) is 50.1 Å². The fourth-order valence-corrected chi connectivity index (χ4v) is 4.29. The van der Waals surface area contributed by atoms with E-state index in [2.05, 4.69) is 5.32 Å². The first-order valence-corrected chi connectivity index (χ1v) is 12.0. The van der Waals surface area contributed by atoms with Crippen LogP contribution in [-0.2, 0) is 26.2 Å². The Bertz CT molecular complexity index is 1050. The van der Waals surface area contributed by atoms with Crippen molar-refractivity contribution in [1.82, 2.24) is 10.2 Å². The maximum absolute atomic E-state index is 13.3. The van der Waals surface area contributed by atoms with Crippen LogP contribution in [0.3, 0.4) is 0 Å². The minimum atomic E-state index is -3.74. The minimum Gasteiger partial charge on any atom is -0.357 e. The molecule has 0 radical (unpaired) electrons. The lowest BCUT2D eigenvalue weighted by Gasteiger charge is -2.31. The Balaban J connectivity index is 2.40. The van der Waals surface area contributed by atoms with Gasteiger partial charge in [-0.3, -0.25) is 13.9 Å². The Labute approximate surface area is 189 Å². The fraction of sp³-hybridized carbons (Fsp3) is 0.364. The molecule has 1 atom stereocenters. The van der Waals surface area contributed by atoms with Gasteiger partial charge in [0.1, 0.15) is 12.6 Å². The third-order valence-electron chi connectivity index (χ3n) is 4.98. The number of nitrogens with zero attached hydrogens (tertiary/aromatic N) is 2. The molecule has 0 aliphatic carbocycles. The van der Waals surface area contributed by atoms with Gasteiger partial charge in [-0.1, -0.05) is 41.4 Å². The summed E-state index contributed by atoms with van der Waals surface area (Å²) in [6.45, 7) is 5.02. The predicted octanol–water partition coefficient (Wildman–Crippen LogP) is 2.89. The van der Waals surface area contributed by atoms with Gasteiger partial charge in [-0.15, -0.1) is 0 Å². The highest BCUT2D eigenvalue weighted by Crippen LogP contribution is 2.24. The van der Waals surface area contributed by atoms with Crippen molar-refractivity contribution in [3.05, 3.63) is 64.2 Å². The molecule has 2 aromatic carbocycles. The van der Waals surface area contributed by atoms with Crippen LogP contribution in [0.4, 0.5) is 5.69 Å². The van der Waals surface area contributed by atoms with E-state index >= 15 is 0 Å². The van der Waals surface area contributed by atoms with Gasteiger partial charge >= 0.3 is 0 Å². The van der Waals surface area contributed by atoms with Gasteiger partial charge in [0, 0.05) is 18.6 Å². The molecule has 168 valence electrons. The molecule has 31 heavy (non-hydrogen) atoms. The second-order valence-electron chi connectivity index (χ2n) is 7.50. The number of sulfonamides is 1. The fourth-order valence-electron chi connectivity index (χ4n) is 3.26. The molecule has 0 saturated heterocycles. The molecule has 9 heteroatoms. The van der Waals surface area contributed by atoms with Crippen LogP contribution in [0, 0.1) is 13.8 Å². The van der Waals surface area contributed by atoms with E-state index in [0.717, 1.165) is 27.3 Å². The summed E-state index contributed by atoms with van der Waals surface area (Å²) in [6.07, 6.45) is 1.06. The van der Waals surface area contributed by atoms with Gasteiger partial charge in [-0.2, -0.15) is 0 Å². The average Bonchev–Trinajstić information content (AvgIpc) is 2.70. The van der Waals surface area contributed by atoms with Gasteiger partial charge in [0.05, 0.1) is 11.9 Å². The highest BCUT2D eigenvalue weighted by molar-refractivity contribution is 7.92. The van der Waals surface area contributed by atoms with Crippen LogP contribution in [0.15, 0.2) is 42.5 Å². The van der Waals surface area contributed by atoms with Gasteiger partial charge in [0.25, 0.3) is 0 Å². The van der Waals surface area contributed by atoms with Crippen LogP contribution in [-0.4, -0.2) is 51.0 Å². The summed E-state index contributed by atoms with van der Waals surface area (Å²) in [4.78, 5) is 27.0. The largest absolute Gasteiger partial charge is 0.357 e. The molecule has 0 heterocycles. The first kappa shape index (κ1) is 24.7. The monoisotopic (exact) mass is 465 g/mol. The number of hydrogen-bond donors (Lipinski definition) is 1. The Morgan fingerprint density at radius 3 is 2.23 bits per heavy atom. The number of amides is 2. The van der Waals surface area contributed by atoms with E-state index in [9.17, 15) is 18.0 Å². The highest BCUT2D eigenvalue weighted by Gasteiger charge is 2.30. The second kappa shape index (κ2) is 10.2. The number of likely N-dealkylation sites (N-methyl/N-ethyl adjacent to an activating group) is 1. The molecular weight excluding hydrogens is 438 g/mol. The van der Waals surface area contributed by atoms with Crippen molar-refractivity contribution < 1.29 is 18.0 Å². The highest BCUT2D eigenvalue weighted by atomic mass is 35.5. The number of rotatable bonds is 8. The molecule has 0 bridgehead atoms. The van der Waals surface area contributed by atoms with Crippen LogP contribution in [0.2, 0.25) is 5.02 Å². The maximum atomic E-state index is 13.3. The number of benzene rings is 2. The molecule has 0 aromatic heterocycles.